The van der Waals surface area contributed by atoms with E-state index in [0.717, 1.165) is 17.8 Å². The number of benzene rings is 1. The molecule has 0 N–H and O–H groups in total. The normalized spacial score (nSPS) is 10.8. The van der Waals surface area contributed by atoms with Crippen molar-refractivity contribution in [3.05, 3.63) is 61.4 Å². The molecule has 22 heavy (non-hydrogen) atoms. The minimum Gasteiger partial charge on any atom is -0.599 e. The quantitative estimate of drug-likeness (QED) is 0.355. The number of para-hydroxylation sites is 1. The monoisotopic (exact) mass is 316 g/mol. The van der Waals surface area contributed by atoms with Crippen LogP contribution in [0.5, 0.6) is 0 Å². The van der Waals surface area contributed by atoms with Crippen LogP contribution in [0.1, 0.15) is 47.5 Å². The van der Waals surface area contributed by atoms with Gasteiger partial charge in [0.2, 0.25) is 0 Å². The number of rotatable bonds is 6. The summed E-state index contributed by atoms with van der Waals surface area (Å²) in [6.45, 7) is 16.5. The van der Waals surface area contributed by atoms with E-state index < -0.39 is 0 Å². The van der Waals surface area contributed by atoms with E-state index in [1.165, 1.54) is 6.42 Å². The van der Waals surface area contributed by atoms with Gasteiger partial charge in [0, 0.05) is 5.69 Å². The molecule has 0 aliphatic rings. The van der Waals surface area contributed by atoms with Crippen molar-refractivity contribution in [3.8, 4) is 0 Å². The average Bonchev–Trinajstić information content (AvgIpc) is 2.58. The second kappa shape index (κ2) is 18.1. The smallest absolute Gasteiger partial charge is 0.599 e. The first-order chi connectivity index (χ1) is 10.2. The Balaban J connectivity index is -0.000000665. The van der Waals surface area contributed by atoms with Gasteiger partial charge in [-0.05, 0) is 38.4 Å². The van der Waals surface area contributed by atoms with Crippen LogP contribution in [0, 0.1) is 19.8 Å². The van der Waals surface area contributed by atoms with Crippen LogP contribution in [-0.2, 0) is 0 Å². The number of hydrogen-bond donors (Lipinski definition) is 0. The van der Waals surface area contributed by atoms with Crippen LogP contribution in [0.2, 0.25) is 0 Å². The van der Waals surface area contributed by atoms with Gasteiger partial charge < -0.3 is 24.3 Å². The van der Waals surface area contributed by atoms with Crippen LogP contribution in [0.25, 0.3) is 5.43 Å². The summed E-state index contributed by atoms with van der Waals surface area (Å²) in [5.41, 5.74) is 6.93. The van der Waals surface area contributed by atoms with Gasteiger partial charge in [0.15, 0.2) is 0 Å². The van der Waals surface area contributed by atoms with Crippen molar-refractivity contribution in [1.29, 1.82) is 0 Å². The maximum atomic E-state index is 4.65. The molecule has 1 aromatic carbocycles. The van der Waals surface area contributed by atoms with Crippen LogP contribution in [0.15, 0.2) is 42.1 Å². The third-order valence-electron chi connectivity index (χ3n) is 3.00. The molecule has 0 saturated heterocycles. The molecule has 3 heteroatoms. The van der Waals surface area contributed by atoms with Crippen molar-refractivity contribution in [2.75, 3.05) is 12.1 Å². The van der Waals surface area contributed by atoms with Crippen molar-refractivity contribution in [2.24, 2.45) is 5.92 Å². The van der Waals surface area contributed by atoms with E-state index in [2.05, 4.69) is 58.3 Å². The average molecular weight is 316 g/mol. The van der Waals surface area contributed by atoms with Gasteiger partial charge in [0.1, 0.15) is 0 Å². The Morgan fingerprint density at radius 2 is 1.68 bits per heavy atom. The number of hydrogen-bond acceptors (Lipinski definition) is 1. The van der Waals surface area contributed by atoms with Crippen molar-refractivity contribution < 1.29 is 0 Å². The minimum atomic E-state index is 0. The number of nitrogens with zero attached hydrogens (tertiary/aromatic N) is 2. The van der Waals surface area contributed by atoms with Gasteiger partial charge in [0.05, 0.1) is 0 Å². The molecule has 0 aliphatic heterocycles. The first-order valence-electron chi connectivity index (χ1n) is 7.74. The maximum absolute atomic E-state index is 4.65. The fraction of sp³-hybridized carbons (Fsp3) is 0.474. The SMILES string of the molecule is C/C=C(\CC(C)CC)[N-]N(C)c1ccccc1.[Al+3].[CH2-]C.[CH2-]C. The molecule has 0 aromatic heterocycles. The molecule has 1 atom stereocenters. The first kappa shape index (κ1) is 26.0. The predicted molar refractivity (Wildman–Crippen MR) is 104 cm³/mol. The summed E-state index contributed by atoms with van der Waals surface area (Å²) in [5.74, 6) is 0.689. The Bertz CT molecular complexity index is 350. The van der Waals surface area contributed by atoms with Crippen molar-refractivity contribution >= 4 is 23.0 Å². The first-order valence-corrected chi connectivity index (χ1v) is 7.74. The molecule has 0 bridgehead atoms. The molecule has 0 spiro atoms. The molecule has 122 valence electrons. The summed E-state index contributed by atoms with van der Waals surface area (Å²) in [6, 6.07) is 10.2. The van der Waals surface area contributed by atoms with E-state index in [9.17, 15) is 0 Å². The standard InChI is InChI=1S/C15H23N2.2C2H5.Al/c1-5-13(3)12-14(6-2)16-17(4)15-10-8-7-9-11-15;2*1-2;/h6-11,13H,5,12H2,1-4H3;2*1H2,2H3;/q3*-1;+3/b14-6+;;;. The fourth-order valence-electron chi connectivity index (χ4n) is 1.61. The van der Waals surface area contributed by atoms with E-state index in [4.69, 9.17) is 0 Å². The number of anilines is 1. The molecule has 1 aromatic rings. The van der Waals surface area contributed by atoms with Crippen LogP contribution < -0.4 is 5.01 Å². The van der Waals surface area contributed by atoms with E-state index >= 15 is 0 Å². The van der Waals surface area contributed by atoms with Crippen LogP contribution in [-0.4, -0.2) is 24.4 Å². The summed E-state index contributed by atoms with van der Waals surface area (Å²) in [7, 11) is 2.00. The summed E-state index contributed by atoms with van der Waals surface area (Å²) in [6.07, 6.45) is 4.34. The molecule has 0 heterocycles. The zero-order chi connectivity index (χ0) is 16.7. The predicted octanol–water partition coefficient (Wildman–Crippen LogP) is 6.05. The molecule has 0 saturated carbocycles. The Morgan fingerprint density at radius 3 is 2.09 bits per heavy atom. The summed E-state index contributed by atoms with van der Waals surface area (Å²) in [4.78, 5) is 0. The number of allylic oxidation sites excluding steroid dienone is 2. The molecule has 1 unspecified atom stereocenters. The van der Waals surface area contributed by atoms with Gasteiger partial charge in [-0.25, -0.2) is 0 Å². The van der Waals surface area contributed by atoms with Crippen molar-refractivity contribution in [3.63, 3.8) is 0 Å². The van der Waals surface area contributed by atoms with Crippen molar-refractivity contribution in [1.82, 2.24) is 0 Å². The minimum absolute atomic E-state index is 0. The molecule has 0 amide bonds. The topological polar surface area (TPSA) is 17.3 Å². The van der Waals surface area contributed by atoms with Gasteiger partial charge in [-0.1, -0.05) is 38.5 Å². The van der Waals surface area contributed by atoms with E-state index in [1.54, 1.807) is 13.8 Å². The molecule has 2 nitrogen and oxygen atoms in total. The van der Waals surface area contributed by atoms with Crippen LogP contribution in [0.3, 0.4) is 0 Å². The Labute approximate surface area is 150 Å². The summed E-state index contributed by atoms with van der Waals surface area (Å²) < 4.78 is 0. The van der Waals surface area contributed by atoms with Crippen LogP contribution in [0.4, 0.5) is 5.69 Å². The Kier molecular flexibility index (Phi) is 21.5. The second-order valence-electron chi connectivity index (χ2n) is 4.46. The maximum Gasteiger partial charge on any atom is 3.00 e. The zero-order valence-electron chi connectivity index (χ0n) is 15.3. The molecule has 1 rings (SSSR count). The van der Waals surface area contributed by atoms with Gasteiger partial charge >= 0.3 is 17.4 Å². The molecule has 0 aliphatic carbocycles. The van der Waals surface area contributed by atoms with Gasteiger partial charge in [-0.15, -0.1) is 6.08 Å². The third kappa shape index (κ3) is 11.7. The zero-order valence-corrected chi connectivity index (χ0v) is 16.5. The van der Waals surface area contributed by atoms with Gasteiger partial charge in [-0.3, -0.25) is 0 Å². The Hall–Kier alpha value is -0.908. The molecule has 0 radical (unpaired) electrons. The summed E-state index contributed by atoms with van der Waals surface area (Å²) >= 11 is 0. The Morgan fingerprint density at radius 1 is 1.18 bits per heavy atom. The fourth-order valence-corrected chi connectivity index (χ4v) is 1.61. The molecular weight excluding hydrogens is 283 g/mol. The third-order valence-corrected chi connectivity index (χ3v) is 3.00. The van der Waals surface area contributed by atoms with Crippen molar-refractivity contribution in [2.45, 2.75) is 47.5 Å². The molecule has 0 fully saturated rings. The van der Waals surface area contributed by atoms with Gasteiger partial charge in [-0.2, -0.15) is 19.5 Å². The van der Waals surface area contributed by atoms with Crippen LogP contribution >= 0.6 is 0 Å². The van der Waals surface area contributed by atoms with E-state index in [1.807, 2.05) is 30.3 Å². The van der Waals surface area contributed by atoms with E-state index in [0.29, 0.717) is 5.92 Å². The second-order valence-corrected chi connectivity index (χ2v) is 4.46. The summed E-state index contributed by atoms with van der Waals surface area (Å²) in [5, 5.41) is 1.94. The van der Waals surface area contributed by atoms with E-state index in [-0.39, 0.29) is 17.4 Å². The molecular formula is C19H33AlN2. The largest absolute Gasteiger partial charge is 3.00 e. The van der Waals surface area contributed by atoms with Gasteiger partial charge in [0.25, 0.3) is 0 Å².